The Labute approximate surface area is 175 Å². The Morgan fingerprint density at radius 3 is 2.69 bits per heavy atom. The molecular weight excluding hydrogens is 406 g/mol. The number of aromatic amines is 1. The van der Waals surface area contributed by atoms with Crippen LogP contribution in [-0.2, 0) is 17.6 Å². The van der Waals surface area contributed by atoms with E-state index in [2.05, 4.69) is 20.4 Å². The van der Waals surface area contributed by atoms with Crippen LogP contribution in [0.4, 0.5) is 5.82 Å². The van der Waals surface area contributed by atoms with Gasteiger partial charge >= 0.3 is 0 Å². The van der Waals surface area contributed by atoms with Gasteiger partial charge < -0.3 is 5.32 Å². The lowest BCUT2D eigenvalue weighted by Crippen LogP contribution is -2.22. The first-order valence-electron chi connectivity index (χ1n) is 9.11. The minimum atomic E-state index is -0.195. The number of anilines is 1. The lowest BCUT2D eigenvalue weighted by atomic mass is 10.2. The van der Waals surface area contributed by atoms with Gasteiger partial charge in [-0.2, -0.15) is 9.78 Å². The van der Waals surface area contributed by atoms with Crippen molar-refractivity contribution < 1.29 is 4.79 Å². The summed E-state index contributed by atoms with van der Waals surface area (Å²) in [7, 11) is 0. The van der Waals surface area contributed by atoms with Gasteiger partial charge in [0.1, 0.15) is 11.5 Å². The predicted octanol–water partition coefficient (Wildman–Crippen LogP) is 3.80. The summed E-state index contributed by atoms with van der Waals surface area (Å²) in [5.74, 6) is 0.580. The molecule has 4 aromatic heterocycles. The first-order chi connectivity index (χ1) is 14.0. The maximum Gasteiger partial charge on any atom is 0.255 e. The normalized spacial score (nSPS) is 11.0. The summed E-state index contributed by atoms with van der Waals surface area (Å²) in [6.45, 7) is 3.72. The minimum Gasteiger partial charge on any atom is -0.310 e. The third kappa shape index (κ3) is 4.06. The van der Waals surface area contributed by atoms with Crippen molar-refractivity contribution in [2.45, 2.75) is 26.7 Å². The van der Waals surface area contributed by atoms with Gasteiger partial charge in [-0.05, 0) is 36.2 Å². The van der Waals surface area contributed by atoms with E-state index < -0.39 is 0 Å². The van der Waals surface area contributed by atoms with E-state index in [-0.39, 0.29) is 23.8 Å². The summed E-state index contributed by atoms with van der Waals surface area (Å²) in [6.07, 6.45) is 0.868. The van der Waals surface area contributed by atoms with Crippen LogP contribution in [0.2, 0.25) is 0 Å². The Morgan fingerprint density at radius 2 is 2.03 bits per heavy atom. The van der Waals surface area contributed by atoms with E-state index in [1.54, 1.807) is 24.3 Å². The van der Waals surface area contributed by atoms with Crippen molar-refractivity contribution in [1.82, 2.24) is 19.7 Å². The zero-order valence-electron chi connectivity index (χ0n) is 15.9. The second-order valence-electron chi connectivity index (χ2n) is 6.42. The Morgan fingerprint density at radius 1 is 1.24 bits per heavy atom. The van der Waals surface area contributed by atoms with Gasteiger partial charge in [-0.3, -0.25) is 14.6 Å². The highest BCUT2D eigenvalue weighted by Crippen LogP contribution is 2.27. The molecule has 4 heterocycles. The highest BCUT2D eigenvalue weighted by Gasteiger charge is 2.17. The summed E-state index contributed by atoms with van der Waals surface area (Å²) in [5.41, 5.74) is 1.79. The number of aromatic nitrogens is 4. The number of nitrogens with one attached hydrogen (secondary N) is 2. The first kappa shape index (κ1) is 19.3. The molecular formula is C20H19N5O2S2. The number of carbonyl (C=O) groups excluding carboxylic acids is 1. The monoisotopic (exact) mass is 425 g/mol. The second-order valence-corrected chi connectivity index (χ2v) is 8.40. The van der Waals surface area contributed by atoms with Crippen LogP contribution < -0.4 is 10.9 Å². The molecule has 0 aliphatic carbocycles. The molecule has 0 saturated heterocycles. The van der Waals surface area contributed by atoms with Crippen molar-refractivity contribution in [3.63, 3.8) is 0 Å². The molecule has 0 radical (unpaired) electrons. The maximum atomic E-state index is 12.6. The number of amides is 1. The van der Waals surface area contributed by atoms with E-state index in [1.165, 1.54) is 16.0 Å². The molecule has 7 nitrogen and oxygen atoms in total. The Kier molecular flexibility index (Phi) is 5.41. The SMILES string of the molecule is CCc1c(C)nc(-n2nc(-c3cccs3)cc2NC(=O)Cc2cccs2)[nH]c1=O. The Balaban J connectivity index is 1.74. The number of rotatable bonds is 6. The summed E-state index contributed by atoms with van der Waals surface area (Å²) < 4.78 is 1.48. The summed E-state index contributed by atoms with van der Waals surface area (Å²) in [5, 5.41) is 11.4. The quantitative estimate of drug-likeness (QED) is 0.491. The Hall–Kier alpha value is -3.04. The van der Waals surface area contributed by atoms with Crippen molar-refractivity contribution in [1.29, 1.82) is 0 Å². The van der Waals surface area contributed by atoms with Gasteiger partial charge in [0.05, 0.1) is 11.3 Å². The van der Waals surface area contributed by atoms with Gasteiger partial charge in [0.25, 0.3) is 5.56 Å². The van der Waals surface area contributed by atoms with E-state index in [9.17, 15) is 9.59 Å². The number of aryl methyl sites for hydroxylation is 1. The average molecular weight is 426 g/mol. The molecule has 29 heavy (non-hydrogen) atoms. The molecule has 0 saturated carbocycles. The van der Waals surface area contributed by atoms with Crippen LogP contribution in [0.1, 0.15) is 23.1 Å². The topological polar surface area (TPSA) is 92.7 Å². The molecule has 0 atom stereocenters. The van der Waals surface area contributed by atoms with E-state index in [0.717, 1.165) is 9.75 Å². The van der Waals surface area contributed by atoms with Gasteiger partial charge in [0, 0.05) is 22.2 Å². The molecule has 0 aliphatic heterocycles. The van der Waals surface area contributed by atoms with Crippen molar-refractivity contribution in [2.24, 2.45) is 0 Å². The fourth-order valence-corrected chi connectivity index (χ4v) is 4.43. The van der Waals surface area contributed by atoms with Crippen molar-refractivity contribution in [2.75, 3.05) is 5.32 Å². The molecule has 0 bridgehead atoms. The van der Waals surface area contributed by atoms with Gasteiger partial charge in [0.15, 0.2) is 0 Å². The van der Waals surface area contributed by atoms with Crippen LogP contribution in [0.3, 0.4) is 0 Å². The van der Waals surface area contributed by atoms with Crippen LogP contribution in [0.25, 0.3) is 16.5 Å². The maximum absolute atomic E-state index is 12.6. The summed E-state index contributed by atoms with van der Waals surface area (Å²) >= 11 is 3.08. The van der Waals surface area contributed by atoms with Crippen molar-refractivity contribution in [3.05, 3.63) is 67.6 Å². The number of hydrogen-bond acceptors (Lipinski definition) is 6. The molecule has 0 aromatic carbocycles. The van der Waals surface area contributed by atoms with Crippen LogP contribution in [-0.4, -0.2) is 25.7 Å². The van der Waals surface area contributed by atoms with E-state index in [0.29, 0.717) is 29.2 Å². The molecule has 0 spiro atoms. The third-order valence-corrected chi connectivity index (χ3v) is 6.20. The van der Waals surface area contributed by atoms with Crippen LogP contribution >= 0.6 is 22.7 Å². The van der Waals surface area contributed by atoms with Crippen molar-refractivity contribution in [3.8, 4) is 16.5 Å². The van der Waals surface area contributed by atoms with Crippen molar-refractivity contribution >= 4 is 34.4 Å². The first-order valence-corrected chi connectivity index (χ1v) is 10.9. The van der Waals surface area contributed by atoms with Crippen LogP contribution in [0, 0.1) is 6.92 Å². The molecule has 148 valence electrons. The molecule has 4 rings (SSSR count). The number of hydrogen-bond donors (Lipinski definition) is 2. The number of thiophene rings is 2. The largest absolute Gasteiger partial charge is 0.310 e. The highest BCUT2D eigenvalue weighted by atomic mass is 32.1. The zero-order chi connectivity index (χ0) is 20.4. The Bertz CT molecular complexity index is 1190. The summed E-state index contributed by atoms with van der Waals surface area (Å²) in [4.78, 5) is 34.2. The van der Waals surface area contributed by atoms with Gasteiger partial charge in [-0.1, -0.05) is 19.1 Å². The van der Waals surface area contributed by atoms with Gasteiger partial charge in [0.2, 0.25) is 11.9 Å². The number of nitrogens with zero attached hydrogens (tertiary/aromatic N) is 3. The molecule has 0 unspecified atom stereocenters. The average Bonchev–Trinajstić information content (AvgIpc) is 3.43. The molecule has 2 N–H and O–H groups in total. The standard InChI is InChI=1S/C20H19N5O2S2/c1-3-14-12(2)21-20(23-19(14)27)25-17(11-15(24-25)16-7-5-9-29-16)22-18(26)10-13-6-4-8-28-13/h4-9,11H,3,10H2,1-2H3,(H,22,26)(H,21,23,27). The fraction of sp³-hybridized carbons (Fsp3) is 0.200. The zero-order valence-corrected chi connectivity index (χ0v) is 17.6. The van der Waals surface area contributed by atoms with Crippen LogP contribution in [0.5, 0.6) is 0 Å². The summed E-state index contributed by atoms with van der Waals surface area (Å²) in [6, 6.07) is 9.52. The highest BCUT2D eigenvalue weighted by molar-refractivity contribution is 7.13. The molecule has 9 heteroatoms. The molecule has 1 amide bonds. The van der Waals surface area contributed by atoms with Gasteiger partial charge in [-0.15, -0.1) is 22.7 Å². The molecule has 4 aromatic rings. The number of carbonyl (C=O) groups is 1. The fourth-order valence-electron chi connectivity index (χ4n) is 3.05. The minimum absolute atomic E-state index is 0.157. The third-order valence-electron chi connectivity index (χ3n) is 4.43. The van der Waals surface area contributed by atoms with E-state index >= 15 is 0 Å². The lowest BCUT2D eigenvalue weighted by Gasteiger charge is -2.09. The second kappa shape index (κ2) is 8.14. The van der Waals surface area contributed by atoms with Crippen LogP contribution in [0.15, 0.2) is 45.9 Å². The smallest absolute Gasteiger partial charge is 0.255 e. The van der Waals surface area contributed by atoms with E-state index in [4.69, 9.17) is 0 Å². The predicted molar refractivity (Wildman–Crippen MR) is 116 cm³/mol. The lowest BCUT2D eigenvalue weighted by molar-refractivity contribution is -0.115. The van der Waals surface area contributed by atoms with E-state index in [1.807, 2.05) is 41.9 Å². The number of H-pyrrole nitrogens is 1. The molecule has 0 aliphatic rings. The van der Waals surface area contributed by atoms with Gasteiger partial charge in [-0.25, -0.2) is 4.98 Å². The molecule has 0 fully saturated rings.